The van der Waals surface area contributed by atoms with Crippen LogP contribution < -0.4 is 0 Å². The Kier molecular flexibility index (Phi) is 4.25. The predicted octanol–water partition coefficient (Wildman–Crippen LogP) is 5.29. The van der Waals surface area contributed by atoms with E-state index in [0.29, 0.717) is 0 Å². The van der Waals surface area contributed by atoms with E-state index >= 15 is 0 Å². The maximum absolute atomic E-state index is 6.38. The second kappa shape index (κ2) is 6.19. The van der Waals surface area contributed by atoms with Crippen LogP contribution in [0.2, 0.25) is 0 Å². The van der Waals surface area contributed by atoms with Crippen LogP contribution in [0.25, 0.3) is 0 Å². The van der Waals surface area contributed by atoms with Crippen molar-refractivity contribution in [3.8, 4) is 0 Å². The molecule has 2 aromatic rings. The average Bonchev–Trinajstić information content (AvgIpc) is 2.55. The molecule has 2 atom stereocenters. The predicted molar refractivity (Wildman–Crippen MR) is 95.9 cm³/mol. The maximum Gasteiger partial charge on any atom is 0.189 e. The van der Waals surface area contributed by atoms with Crippen molar-refractivity contribution in [2.24, 2.45) is 10.4 Å². The minimum atomic E-state index is -0.0642. The van der Waals surface area contributed by atoms with Crippen LogP contribution in [-0.2, 0) is 4.74 Å². The lowest BCUT2D eigenvalue weighted by atomic mass is 9.86. The molecule has 0 spiro atoms. The van der Waals surface area contributed by atoms with E-state index in [1.807, 2.05) is 6.07 Å². The third-order valence-electron chi connectivity index (χ3n) is 4.31. The molecule has 0 fully saturated rings. The van der Waals surface area contributed by atoms with Crippen LogP contribution in [0.4, 0.5) is 0 Å². The second-order valence-corrected chi connectivity index (χ2v) is 7.36. The monoisotopic (exact) mass is 307 g/mol. The number of aryl methyl sites for hydroxylation is 1. The standard InChI is InChI=1S/C21H25NO/c1-15-10-12-16(13-11-15)18-14-22-20(21(2,3)4)23-19(18)17-8-6-5-7-9-17/h5-13,18-19H,14H2,1-4H3/t18-,19-/m1/s1. The van der Waals surface area contributed by atoms with E-state index < -0.39 is 0 Å². The summed E-state index contributed by atoms with van der Waals surface area (Å²) in [5.41, 5.74) is 3.72. The van der Waals surface area contributed by atoms with Gasteiger partial charge in [-0.1, -0.05) is 80.9 Å². The zero-order chi connectivity index (χ0) is 16.4. The highest BCUT2D eigenvalue weighted by Gasteiger charge is 2.35. The Bertz CT molecular complexity index is 680. The molecule has 0 amide bonds. The summed E-state index contributed by atoms with van der Waals surface area (Å²) in [5, 5.41) is 0. The number of hydrogen-bond donors (Lipinski definition) is 0. The molecular weight excluding hydrogens is 282 g/mol. The van der Waals surface area contributed by atoms with E-state index in [2.05, 4.69) is 76.2 Å². The van der Waals surface area contributed by atoms with Gasteiger partial charge in [-0.3, -0.25) is 4.99 Å². The highest BCUT2D eigenvalue weighted by atomic mass is 16.5. The summed E-state index contributed by atoms with van der Waals surface area (Å²) in [6, 6.07) is 19.2. The molecule has 0 aromatic heterocycles. The molecule has 0 N–H and O–H groups in total. The lowest BCUT2D eigenvalue weighted by Crippen LogP contribution is -2.33. The Hall–Kier alpha value is -2.09. The molecular formula is C21H25NO. The smallest absolute Gasteiger partial charge is 0.189 e. The first-order valence-corrected chi connectivity index (χ1v) is 8.28. The molecule has 23 heavy (non-hydrogen) atoms. The average molecular weight is 307 g/mol. The van der Waals surface area contributed by atoms with Crippen LogP contribution in [0, 0.1) is 12.3 Å². The van der Waals surface area contributed by atoms with Crippen molar-refractivity contribution in [3.05, 3.63) is 71.3 Å². The zero-order valence-corrected chi connectivity index (χ0v) is 14.4. The fraction of sp³-hybridized carbons (Fsp3) is 0.381. The molecule has 3 rings (SSSR count). The van der Waals surface area contributed by atoms with Crippen molar-refractivity contribution in [3.63, 3.8) is 0 Å². The fourth-order valence-corrected chi connectivity index (χ4v) is 2.97. The summed E-state index contributed by atoms with van der Waals surface area (Å²) in [6.45, 7) is 9.35. The van der Waals surface area contributed by atoms with Gasteiger partial charge in [0.05, 0.1) is 6.54 Å². The van der Waals surface area contributed by atoms with E-state index in [9.17, 15) is 0 Å². The molecule has 1 aliphatic rings. The number of nitrogens with zero attached hydrogens (tertiary/aromatic N) is 1. The molecule has 1 aliphatic heterocycles. The third-order valence-corrected chi connectivity index (χ3v) is 4.31. The summed E-state index contributed by atoms with van der Waals surface area (Å²) in [7, 11) is 0. The Morgan fingerprint density at radius 2 is 1.57 bits per heavy atom. The first kappa shape index (κ1) is 15.8. The fourth-order valence-electron chi connectivity index (χ4n) is 2.97. The van der Waals surface area contributed by atoms with Gasteiger partial charge in [-0.25, -0.2) is 0 Å². The zero-order valence-electron chi connectivity index (χ0n) is 14.4. The van der Waals surface area contributed by atoms with E-state index in [1.54, 1.807) is 0 Å². The van der Waals surface area contributed by atoms with Crippen molar-refractivity contribution < 1.29 is 4.74 Å². The molecule has 0 radical (unpaired) electrons. The highest BCUT2D eigenvalue weighted by molar-refractivity contribution is 5.82. The Balaban J connectivity index is 1.99. The normalized spacial score (nSPS) is 21.5. The van der Waals surface area contributed by atoms with Crippen LogP contribution in [0.1, 0.15) is 49.5 Å². The second-order valence-electron chi connectivity index (χ2n) is 7.36. The van der Waals surface area contributed by atoms with Gasteiger partial charge in [-0.05, 0) is 18.1 Å². The van der Waals surface area contributed by atoms with Crippen molar-refractivity contribution in [2.45, 2.75) is 39.7 Å². The van der Waals surface area contributed by atoms with Gasteiger partial charge in [0.25, 0.3) is 0 Å². The molecule has 0 bridgehead atoms. The number of aliphatic imine (C=N–C) groups is 1. The quantitative estimate of drug-likeness (QED) is 0.738. The van der Waals surface area contributed by atoms with Crippen LogP contribution in [-0.4, -0.2) is 12.4 Å². The first-order valence-electron chi connectivity index (χ1n) is 8.28. The van der Waals surface area contributed by atoms with Gasteiger partial charge in [0.15, 0.2) is 5.90 Å². The number of hydrogen-bond acceptors (Lipinski definition) is 2. The van der Waals surface area contributed by atoms with Gasteiger partial charge >= 0.3 is 0 Å². The van der Waals surface area contributed by atoms with Gasteiger partial charge < -0.3 is 4.74 Å². The summed E-state index contributed by atoms with van der Waals surface area (Å²) < 4.78 is 6.38. The molecule has 0 saturated carbocycles. The molecule has 1 heterocycles. The molecule has 0 unspecified atom stereocenters. The van der Waals surface area contributed by atoms with Crippen molar-refractivity contribution >= 4 is 5.90 Å². The van der Waals surface area contributed by atoms with Gasteiger partial charge in [-0.2, -0.15) is 0 Å². The van der Waals surface area contributed by atoms with Crippen LogP contribution in [0.5, 0.6) is 0 Å². The molecule has 2 aromatic carbocycles. The largest absolute Gasteiger partial charge is 0.472 e. The molecule has 2 nitrogen and oxygen atoms in total. The molecule has 2 heteroatoms. The van der Waals surface area contributed by atoms with Crippen molar-refractivity contribution in [1.82, 2.24) is 0 Å². The Morgan fingerprint density at radius 3 is 2.17 bits per heavy atom. The lowest BCUT2D eigenvalue weighted by Gasteiger charge is -2.36. The highest BCUT2D eigenvalue weighted by Crippen LogP contribution is 2.39. The van der Waals surface area contributed by atoms with E-state index in [0.717, 1.165) is 12.4 Å². The number of ether oxygens (including phenoxy) is 1. The minimum Gasteiger partial charge on any atom is -0.472 e. The molecule has 0 aliphatic carbocycles. The third kappa shape index (κ3) is 3.47. The topological polar surface area (TPSA) is 21.6 Å². The Labute approximate surface area is 139 Å². The van der Waals surface area contributed by atoms with Gasteiger partial charge in [0, 0.05) is 11.3 Å². The SMILES string of the molecule is Cc1ccc([C@H]2CN=C(C(C)(C)C)O[C@@H]2c2ccccc2)cc1. The summed E-state index contributed by atoms with van der Waals surface area (Å²) >= 11 is 0. The summed E-state index contributed by atoms with van der Waals surface area (Å²) in [6.07, 6.45) is 0.0191. The molecule has 120 valence electrons. The lowest BCUT2D eigenvalue weighted by molar-refractivity contribution is 0.123. The van der Waals surface area contributed by atoms with E-state index in [-0.39, 0.29) is 17.4 Å². The van der Waals surface area contributed by atoms with E-state index in [4.69, 9.17) is 9.73 Å². The van der Waals surface area contributed by atoms with Gasteiger partial charge in [-0.15, -0.1) is 0 Å². The van der Waals surface area contributed by atoms with Crippen LogP contribution in [0.3, 0.4) is 0 Å². The number of rotatable bonds is 2. The van der Waals surface area contributed by atoms with Gasteiger partial charge in [0.1, 0.15) is 6.10 Å². The molecule has 0 saturated heterocycles. The Morgan fingerprint density at radius 1 is 0.913 bits per heavy atom. The minimum absolute atomic E-state index is 0.0191. The van der Waals surface area contributed by atoms with Crippen LogP contribution >= 0.6 is 0 Å². The first-order chi connectivity index (χ1) is 10.9. The maximum atomic E-state index is 6.38. The van der Waals surface area contributed by atoms with Crippen LogP contribution in [0.15, 0.2) is 59.6 Å². The van der Waals surface area contributed by atoms with Gasteiger partial charge in [0.2, 0.25) is 0 Å². The van der Waals surface area contributed by atoms with Crippen molar-refractivity contribution in [1.29, 1.82) is 0 Å². The summed E-state index contributed by atoms with van der Waals surface area (Å²) in [4.78, 5) is 4.75. The van der Waals surface area contributed by atoms with E-state index in [1.165, 1.54) is 16.7 Å². The number of benzene rings is 2. The van der Waals surface area contributed by atoms with Crippen molar-refractivity contribution in [2.75, 3.05) is 6.54 Å². The summed E-state index contributed by atoms with van der Waals surface area (Å²) in [5.74, 6) is 1.11.